The van der Waals surface area contributed by atoms with E-state index in [9.17, 15) is 18.0 Å². The molecule has 3 rings (SSSR count). The van der Waals surface area contributed by atoms with Gasteiger partial charge in [-0.2, -0.15) is 0 Å². The number of benzene rings is 3. The Labute approximate surface area is 232 Å². The van der Waals surface area contributed by atoms with Crippen molar-refractivity contribution in [2.24, 2.45) is 0 Å². The summed E-state index contributed by atoms with van der Waals surface area (Å²) in [5.41, 5.74) is 2.30. The molecule has 0 saturated carbocycles. The van der Waals surface area contributed by atoms with Gasteiger partial charge in [-0.3, -0.25) is 13.9 Å². The number of hydrogen-bond acceptors (Lipinski definition) is 4. The summed E-state index contributed by atoms with van der Waals surface area (Å²) in [7, 11) is -4.07. The Morgan fingerprint density at radius 2 is 1.38 bits per heavy atom. The van der Waals surface area contributed by atoms with Crippen molar-refractivity contribution < 1.29 is 18.0 Å². The molecule has 3 aromatic rings. The van der Waals surface area contributed by atoms with Crippen molar-refractivity contribution in [1.82, 2.24) is 10.2 Å². The SMILES string of the molecule is CCc1ccc(N(CC(=O)N(Cc2ccccc2)[C@H](CC)C(=O)N[C@@H](C)CC)S(=O)(=O)c2ccccc2)cc1. The third kappa shape index (κ3) is 7.69. The van der Waals surface area contributed by atoms with Crippen LogP contribution in [0.25, 0.3) is 0 Å². The monoisotopic (exact) mass is 549 g/mol. The molecule has 0 heterocycles. The molecule has 8 heteroatoms. The highest BCUT2D eigenvalue weighted by molar-refractivity contribution is 7.92. The lowest BCUT2D eigenvalue weighted by atomic mass is 10.1. The Balaban J connectivity index is 2.03. The number of aryl methyl sites for hydroxylation is 1. The summed E-state index contributed by atoms with van der Waals surface area (Å²) in [5.74, 6) is -0.704. The van der Waals surface area contributed by atoms with E-state index in [-0.39, 0.29) is 23.4 Å². The van der Waals surface area contributed by atoms with Gasteiger partial charge in [-0.25, -0.2) is 8.42 Å². The van der Waals surface area contributed by atoms with Crippen molar-refractivity contribution in [3.05, 3.63) is 96.1 Å². The van der Waals surface area contributed by atoms with Gasteiger partial charge >= 0.3 is 0 Å². The van der Waals surface area contributed by atoms with Crippen LogP contribution in [-0.2, 0) is 32.6 Å². The van der Waals surface area contributed by atoms with E-state index in [4.69, 9.17) is 0 Å². The van der Waals surface area contributed by atoms with E-state index in [0.29, 0.717) is 12.1 Å². The second-order valence-electron chi connectivity index (χ2n) is 9.59. The standard InChI is InChI=1S/C31H39N3O4S/c1-5-24(4)32-31(36)29(7-3)33(22-26-14-10-8-11-15-26)30(35)23-34(27-20-18-25(6-2)19-21-27)39(37,38)28-16-12-9-13-17-28/h8-21,24,29H,5-7,22-23H2,1-4H3,(H,32,36)/t24-,29+/m0/s1. The summed E-state index contributed by atoms with van der Waals surface area (Å²) < 4.78 is 28.8. The molecular weight excluding hydrogens is 510 g/mol. The van der Waals surface area contributed by atoms with Gasteiger partial charge in [-0.05, 0) is 61.6 Å². The van der Waals surface area contributed by atoms with Gasteiger partial charge in [-0.15, -0.1) is 0 Å². The molecule has 3 aromatic carbocycles. The van der Waals surface area contributed by atoms with Crippen molar-refractivity contribution in [2.75, 3.05) is 10.8 Å². The highest BCUT2D eigenvalue weighted by Crippen LogP contribution is 2.25. The number of carbonyl (C=O) groups excluding carboxylic acids is 2. The summed E-state index contributed by atoms with van der Waals surface area (Å²) in [6.07, 6.45) is 1.95. The van der Waals surface area contributed by atoms with Gasteiger partial charge in [-0.1, -0.05) is 81.4 Å². The summed E-state index contributed by atoms with van der Waals surface area (Å²) >= 11 is 0. The number of rotatable bonds is 13. The van der Waals surface area contributed by atoms with Crippen LogP contribution in [-0.4, -0.2) is 43.8 Å². The van der Waals surface area contributed by atoms with Gasteiger partial charge in [0.05, 0.1) is 10.6 Å². The molecular formula is C31H39N3O4S. The predicted octanol–water partition coefficient (Wildman–Crippen LogP) is 5.17. The summed E-state index contributed by atoms with van der Waals surface area (Å²) in [6, 6.07) is 23.9. The number of sulfonamides is 1. The average Bonchev–Trinajstić information content (AvgIpc) is 2.96. The number of nitrogens with zero attached hydrogens (tertiary/aromatic N) is 2. The molecule has 39 heavy (non-hydrogen) atoms. The molecule has 0 radical (unpaired) electrons. The number of nitrogens with one attached hydrogen (secondary N) is 1. The molecule has 7 nitrogen and oxygen atoms in total. The quantitative estimate of drug-likeness (QED) is 0.319. The van der Waals surface area contributed by atoms with Gasteiger partial charge in [0, 0.05) is 12.6 Å². The Bertz CT molecular complexity index is 1310. The number of carbonyl (C=O) groups is 2. The second kappa shape index (κ2) is 13.9. The fraction of sp³-hybridized carbons (Fsp3) is 0.355. The normalized spacial score (nSPS) is 12.8. The summed E-state index contributed by atoms with van der Waals surface area (Å²) in [6.45, 7) is 7.52. The number of amides is 2. The van der Waals surface area contributed by atoms with Crippen molar-refractivity contribution in [3.63, 3.8) is 0 Å². The smallest absolute Gasteiger partial charge is 0.264 e. The molecule has 2 atom stereocenters. The molecule has 0 aliphatic carbocycles. The van der Waals surface area contributed by atoms with Crippen LogP contribution in [0.5, 0.6) is 0 Å². The first-order valence-electron chi connectivity index (χ1n) is 13.5. The lowest BCUT2D eigenvalue weighted by Crippen LogP contribution is -2.53. The Morgan fingerprint density at radius 3 is 1.92 bits per heavy atom. The van der Waals surface area contributed by atoms with Crippen molar-refractivity contribution in [1.29, 1.82) is 0 Å². The zero-order chi connectivity index (χ0) is 28.4. The fourth-order valence-electron chi connectivity index (χ4n) is 4.29. The Kier molecular flexibility index (Phi) is 10.7. The van der Waals surface area contributed by atoms with Crippen LogP contribution in [0.15, 0.2) is 89.8 Å². The lowest BCUT2D eigenvalue weighted by Gasteiger charge is -2.33. The minimum absolute atomic E-state index is 0.0488. The maximum Gasteiger partial charge on any atom is 0.264 e. The Morgan fingerprint density at radius 1 is 0.795 bits per heavy atom. The van der Waals surface area contributed by atoms with E-state index in [1.165, 1.54) is 17.0 Å². The molecule has 1 N–H and O–H groups in total. The minimum Gasteiger partial charge on any atom is -0.352 e. The Hall–Kier alpha value is -3.65. The largest absolute Gasteiger partial charge is 0.352 e. The molecule has 0 spiro atoms. The molecule has 0 saturated heterocycles. The van der Waals surface area contributed by atoms with Gasteiger partial charge in [0.2, 0.25) is 11.8 Å². The van der Waals surface area contributed by atoms with Crippen LogP contribution < -0.4 is 9.62 Å². The van der Waals surface area contributed by atoms with Crippen LogP contribution in [0.4, 0.5) is 5.69 Å². The lowest BCUT2D eigenvalue weighted by molar-refractivity contribution is -0.140. The van der Waals surface area contributed by atoms with Gasteiger partial charge in [0.25, 0.3) is 10.0 Å². The van der Waals surface area contributed by atoms with Gasteiger partial charge in [0.15, 0.2) is 0 Å². The fourth-order valence-corrected chi connectivity index (χ4v) is 5.72. The van der Waals surface area contributed by atoms with E-state index in [1.54, 1.807) is 30.3 Å². The molecule has 208 valence electrons. The van der Waals surface area contributed by atoms with Crippen LogP contribution in [0.3, 0.4) is 0 Å². The maximum atomic E-state index is 14.0. The minimum atomic E-state index is -4.07. The molecule has 0 aliphatic rings. The molecule has 0 bridgehead atoms. The average molecular weight is 550 g/mol. The van der Waals surface area contributed by atoms with Crippen LogP contribution in [0.1, 0.15) is 51.7 Å². The van der Waals surface area contributed by atoms with Gasteiger partial charge in [0.1, 0.15) is 12.6 Å². The zero-order valence-electron chi connectivity index (χ0n) is 23.2. The first-order valence-corrected chi connectivity index (χ1v) is 15.0. The summed E-state index contributed by atoms with van der Waals surface area (Å²) in [5, 5.41) is 2.99. The third-order valence-electron chi connectivity index (χ3n) is 6.83. The molecule has 0 aliphatic heterocycles. The van der Waals surface area contributed by atoms with E-state index < -0.39 is 28.5 Å². The second-order valence-corrected chi connectivity index (χ2v) is 11.5. The third-order valence-corrected chi connectivity index (χ3v) is 8.61. The first kappa shape index (κ1) is 29.9. The summed E-state index contributed by atoms with van der Waals surface area (Å²) in [4.78, 5) is 28.9. The highest BCUT2D eigenvalue weighted by atomic mass is 32.2. The zero-order valence-corrected chi connectivity index (χ0v) is 24.0. The van der Waals surface area contributed by atoms with Crippen molar-refractivity contribution in [3.8, 4) is 0 Å². The molecule has 0 unspecified atom stereocenters. The molecule has 0 aromatic heterocycles. The van der Waals surface area contributed by atoms with Crippen molar-refractivity contribution >= 4 is 27.5 Å². The molecule has 0 fully saturated rings. The topological polar surface area (TPSA) is 86.8 Å². The van der Waals surface area contributed by atoms with Gasteiger partial charge < -0.3 is 10.2 Å². The maximum absolute atomic E-state index is 14.0. The number of hydrogen-bond donors (Lipinski definition) is 1. The van der Waals surface area contributed by atoms with E-state index in [2.05, 4.69) is 5.32 Å². The highest BCUT2D eigenvalue weighted by Gasteiger charge is 2.33. The first-order chi connectivity index (χ1) is 18.7. The molecule has 2 amide bonds. The van der Waals surface area contributed by atoms with Crippen LogP contribution in [0, 0.1) is 0 Å². The number of anilines is 1. The predicted molar refractivity (Wildman–Crippen MR) is 156 cm³/mol. The van der Waals surface area contributed by atoms with Crippen LogP contribution in [0.2, 0.25) is 0 Å². The van der Waals surface area contributed by atoms with Crippen molar-refractivity contribution in [2.45, 2.75) is 70.5 Å². The van der Waals surface area contributed by atoms with E-state index in [0.717, 1.165) is 28.3 Å². The van der Waals surface area contributed by atoms with E-state index in [1.807, 2.05) is 70.2 Å². The van der Waals surface area contributed by atoms with Crippen LogP contribution >= 0.6 is 0 Å². The van der Waals surface area contributed by atoms with E-state index >= 15 is 0 Å².